The Morgan fingerprint density at radius 2 is 1.65 bits per heavy atom. The van der Waals surface area contributed by atoms with Crippen molar-refractivity contribution in [2.24, 2.45) is 5.73 Å². The molecule has 0 heterocycles. The zero-order chi connectivity index (χ0) is 19.5. The second-order valence-corrected chi connectivity index (χ2v) is 8.37. The van der Waals surface area contributed by atoms with Crippen molar-refractivity contribution in [3.05, 3.63) is 53.6 Å². The predicted octanol–water partition coefficient (Wildman–Crippen LogP) is 1.71. The van der Waals surface area contributed by atoms with Crippen molar-refractivity contribution in [1.82, 2.24) is 4.31 Å². The van der Waals surface area contributed by atoms with Gasteiger partial charge in [-0.3, -0.25) is 4.79 Å². The number of nitrogens with two attached hydrogens (primary N) is 1. The van der Waals surface area contributed by atoms with Crippen molar-refractivity contribution in [2.45, 2.75) is 11.4 Å². The van der Waals surface area contributed by atoms with E-state index in [1.54, 1.807) is 35.2 Å². The van der Waals surface area contributed by atoms with Gasteiger partial charge in [-0.15, -0.1) is 0 Å². The third-order valence-corrected chi connectivity index (χ3v) is 5.74. The Kier molecular flexibility index (Phi) is 6.01. The summed E-state index contributed by atoms with van der Waals surface area (Å²) < 4.78 is 25.9. The summed E-state index contributed by atoms with van der Waals surface area (Å²) in [6, 6.07) is 11.6. The third-order valence-electron chi connectivity index (χ3n) is 3.93. The highest BCUT2D eigenvalue weighted by Crippen LogP contribution is 2.29. The van der Waals surface area contributed by atoms with E-state index in [2.05, 4.69) is 5.32 Å². The number of carbonyl (C=O) groups excluding carboxylic acids is 1. The second kappa shape index (κ2) is 7.86. The standard InChI is InChI=1S/C18H24N4O3S/c1-21(2)17-10-9-15(26(24,25)22(3)4)11-16(17)20-18(23)14-7-5-13(12-19)6-8-14/h5-11H,12,19H2,1-4H3,(H,20,23). The first-order chi connectivity index (χ1) is 12.2. The molecule has 0 saturated carbocycles. The first kappa shape index (κ1) is 19.9. The average molecular weight is 376 g/mol. The maximum absolute atomic E-state index is 12.6. The Bertz CT molecular complexity index is 891. The van der Waals surface area contributed by atoms with E-state index >= 15 is 0 Å². The molecule has 2 aromatic rings. The molecule has 0 saturated heterocycles. The van der Waals surface area contributed by atoms with Gasteiger partial charge in [-0.05, 0) is 35.9 Å². The SMILES string of the molecule is CN(C)c1ccc(S(=O)(=O)N(C)C)cc1NC(=O)c1ccc(CN)cc1. The molecule has 2 aromatic carbocycles. The summed E-state index contributed by atoms with van der Waals surface area (Å²) in [6.45, 7) is 0.400. The van der Waals surface area contributed by atoms with Gasteiger partial charge in [0.25, 0.3) is 5.91 Å². The fraction of sp³-hybridized carbons (Fsp3) is 0.278. The highest BCUT2D eigenvalue weighted by molar-refractivity contribution is 7.89. The predicted molar refractivity (Wildman–Crippen MR) is 104 cm³/mol. The molecule has 3 N–H and O–H groups in total. The maximum atomic E-state index is 12.6. The van der Waals surface area contributed by atoms with Crippen LogP contribution in [0.2, 0.25) is 0 Å². The normalized spacial score (nSPS) is 11.5. The summed E-state index contributed by atoms with van der Waals surface area (Å²) in [5.74, 6) is -0.323. The molecule has 0 aromatic heterocycles. The lowest BCUT2D eigenvalue weighted by atomic mass is 10.1. The maximum Gasteiger partial charge on any atom is 0.255 e. The number of nitrogens with one attached hydrogen (secondary N) is 1. The lowest BCUT2D eigenvalue weighted by Crippen LogP contribution is -2.23. The molecule has 0 aliphatic carbocycles. The van der Waals surface area contributed by atoms with Crippen molar-refractivity contribution >= 4 is 27.3 Å². The molecule has 8 heteroatoms. The Balaban J connectivity index is 2.40. The quantitative estimate of drug-likeness (QED) is 0.800. The minimum atomic E-state index is -3.60. The van der Waals surface area contributed by atoms with Gasteiger partial charge < -0.3 is 16.0 Å². The number of amides is 1. The van der Waals surface area contributed by atoms with Gasteiger partial charge in [0, 0.05) is 40.3 Å². The molecule has 140 valence electrons. The van der Waals surface area contributed by atoms with Crippen molar-refractivity contribution in [3.63, 3.8) is 0 Å². The molecule has 7 nitrogen and oxygen atoms in total. The van der Waals surface area contributed by atoms with Crippen LogP contribution in [0, 0.1) is 0 Å². The summed E-state index contributed by atoms with van der Waals surface area (Å²) in [7, 11) is 2.97. The van der Waals surface area contributed by atoms with Crippen LogP contribution in [0.15, 0.2) is 47.4 Å². The second-order valence-electron chi connectivity index (χ2n) is 6.22. The van der Waals surface area contributed by atoms with Crippen LogP contribution in [0.3, 0.4) is 0 Å². The van der Waals surface area contributed by atoms with Crippen LogP contribution in [0.4, 0.5) is 11.4 Å². The summed E-state index contributed by atoms with van der Waals surface area (Å²) in [4.78, 5) is 14.5. The number of rotatable bonds is 6. The Hall–Kier alpha value is -2.42. The summed E-state index contributed by atoms with van der Waals surface area (Å²) >= 11 is 0. The lowest BCUT2D eigenvalue weighted by Gasteiger charge is -2.20. The van der Waals surface area contributed by atoms with E-state index in [-0.39, 0.29) is 10.8 Å². The lowest BCUT2D eigenvalue weighted by molar-refractivity contribution is 0.102. The van der Waals surface area contributed by atoms with Crippen molar-refractivity contribution < 1.29 is 13.2 Å². The minimum absolute atomic E-state index is 0.113. The number of anilines is 2. The van der Waals surface area contributed by atoms with E-state index in [0.717, 1.165) is 9.87 Å². The minimum Gasteiger partial charge on any atom is -0.376 e. The summed E-state index contributed by atoms with van der Waals surface area (Å²) in [5, 5.41) is 2.80. The van der Waals surface area contributed by atoms with E-state index < -0.39 is 10.0 Å². The molecule has 0 aliphatic rings. The van der Waals surface area contributed by atoms with Gasteiger partial charge >= 0.3 is 0 Å². The van der Waals surface area contributed by atoms with Crippen LogP contribution in [0.1, 0.15) is 15.9 Å². The smallest absolute Gasteiger partial charge is 0.255 e. The molecule has 0 unspecified atom stereocenters. The average Bonchev–Trinajstić information content (AvgIpc) is 2.61. The van der Waals surface area contributed by atoms with E-state index in [4.69, 9.17) is 5.73 Å². The highest BCUT2D eigenvalue weighted by atomic mass is 32.2. The van der Waals surface area contributed by atoms with E-state index in [9.17, 15) is 13.2 Å². The zero-order valence-corrected chi connectivity index (χ0v) is 16.2. The molecule has 2 rings (SSSR count). The molecule has 0 fully saturated rings. The summed E-state index contributed by atoms with van der Waals surface area (Å²) in [5.41, 5.74) is 8.08. The largest absolute Gasteiger partial charge is 0.376 e. The van der Waals surface area contributed by atoms with Crippen LogP contribution in [-0.2, 0) is 16.6 Å². The Morgan fingerprint density at radius 3 is 2.15 bits per heavy atom. The van der Waals surface area contributed by atoms with Gasteiger partial charge in [-0.2, -0.15) is 0 Å². The molecule has 0 spiro atoms. The van der Waals surface area contributed by atoms with E-state index in [1.807, 2.05) is 14.1 Å². The monoisotopic (exact) mass is 376 g/mol. The number of benzene rings is 2. The number of hydrogen-bond acceptors (Lipinski definition) is 5. The van der Waals surface area contributed by atoms with Crippen LogP contribution in [0.5, 0.6) is 0 Å². The van der Waals surface area contributed by atoms with Gasteiger partial charge in [0.2, 0.25) is 10.0 Å². The fourth-order valence-electron chi connectivity index (χ4n) is 2.36. The van der Waals surface area contributed by atoms with Crippen LogP contribution < -0.4 is 16.0 Å². The van der Waals surface area contributed by atoms with Gasteiger partial charge in [-0.25, -0.2) is 12.7 Å². The topological polar surface area (TPSA) is 95.7 Å². The van der Waals surface area contributed by atoms with Gasteiger partial charge in [0.1, 0.15) is 0 Å². The van der Waals surface area contributed by atoms with Crippen LogP contribution >= 0.6 is 0 Å². The molecular formula is C18H24N4O3S. The fourth-order valence-corrected chi connectivity index (χ4v) is 3.29. The molecule has 0 radical (unpaired) electrons. The van der Waals surface area contributed by atoms with Gasteiger partial charge in [-0.1, -0.05) is 12.1 Å². The van der Waals surface area contributed by atoms with Crippen molar-refractivity contribution in [3.8, 4) is 0 Å². The molecular weight excluding hydrogens is 352 g/mol. The number of hydrogen-bond donors (Lipinski definition) is 2. The van der Waals surface area contributed by atoms with E-state index in [0.29, 0.717) is 23.5 Å². The number of nitrogens with zero attached hydrogens (tertiary/aromatic N) is 2. The van der Waals surface area contributed by atoms with Crippen molar-refractivity contribution in [1.29, 1.82) is 0 Å². The van der Waals surface area contributed by atoms with Crippen molar-refractivity contribution in [2.75, 3.05) is 38.4 Å². The van der Waals surface area contributed by atoms with Gasteiger partial charge in [0.05, 0.1) is 16.3 Å². The van der Waals surface area contributed by atoms with Crippen LogP contribution in [-0.4, -0.2) is 46.8 Å². The molecule has 0 atom stereocenters. The highest BCUT2D eigenvalue weighted by Gasteiger charge is 2.20. The molecule has 0 aliphatic heterocycles. The third kappa shape index (κ3) is 4.21. The van der Waals surface area contributed by atoms with Crippen LogP contribution in [0.25, 0.3) is 0 Å². The first-order valence-corrected chi connectivity index (χ1v) is 9.45. The Morgan fingerprint density at radius 1 is 1.04 bits per heavy atom. The molecule has 1 amide bonds. The Labute approximate surface area is 154 Å². The first-order valence-electron chi connectivity index (χ1n) is 8.01. The summed E-state index contributed by atoms with van der Waals surface area (Å²) in [6.07, 6.45) is 0. The molecule has 0 bridgehead atoms. The zero-order valence-electron chi connectivity index (χ0n) is 15.4. The number of carbonyl (C=O) groups is 1. The van der Waals surface area contributed by atoms with E-state index in [1.165, 1.54) is 26.2 Å². The number of sulfonamides is 1. The van der Waals surface area contributed by atoms with Gasteiger partial charge in [0.15, 0.2) is 0 Å². The molecule has 26 heavy (non-hydrogen) atoms.